The molecule has 0 unspecified atom stereocenters. The van der Waals surface area contributed by atoms with Crippen LogP contribution in [0, 0.1) is 98.8 Å². The SMILES string of the molecule is [Eu+3].[Eu+3].[O]=[Cr](=[O])([O-])[O][Cr](=[O])(=[O])[O-].[O]=[Cr](=[O])([O-])[O][Cr](=[O])(=[O])[O-].[O]=[Cr](=[O])([O-])[O][Cr](=[O])(=[O])[O-]. The van der Waals surface area contributed by atoms with Crippen molar-refractivity contribution < 1.29 is 260 Å². The van der Waals surface area contributed by atoms with Crippen LogP contribution in [0.15, 0.2) is 0 Å². The van der Waals surface area contributed by atoms with Crippen LogP contribution < -0.4 is 24.9 Å². The van der Waals surface area contributed by atoms with Crippen LogP contribution in [0.3, 0.4) is 0 Å². The fourth-order valence-corrected chi connectivity index (χ4v) is 5.21. The topological polar surface area (TPSA) is 371 Å². The number of hydrogen-bond donors (Lipinski definition) is 0. The van der Waals surface area contributed by atoms with Crippen LogP contribution in [0.5, 0.6) is 0 Å². The molecule has 0 radical (unpaired) electrons. The second kappa shape index (κ2) is 16.3. The van der Waals surface area contributed by atoms with Gasteiger partial charge in [-0.05, 0) is 0 Å². The van der Waals surface area contributed by atoms with Crippen LogP contribution in [0.2, 0.25) is 0 Å². The maximum atomic E-state index is 9.38. The Hall–Kier alpha value is 3.60. The van der Waals surface area contributed by atoms with E-state index in [1.807, 2.05) is 0 Å². The Morgan fingerprint density at radius 1 is 0.310 bits per heavy atom. The monoisotopic (exact) mass is 953 g/mol. The molecule has 0 aliphatic rings. The Labute approximate surface area is 253 Å². The van der Waals surface area contributed by atoms with E-state index < -0.39 is 81.7 Å². The summed E-state index contributed by atoms with van der Waals surface area (Å²) >= 11 is -36.4. The summed E-state index contributed by atoms with van der Waals surface area (Å²) in [5.74, 6) is 0. The molecule has 0 aliphatic carbocycles. The molecule has 0 saturated carbocycles. The maximum absolute atomic E-state index is 9.38. The second-order valence-electron chi connectivity index (χ2n) is 2.65. The van der Waals surface area contributed by atoms with Gasteiger partial charge < -0.3 is 0 Å². The molecule has 29 heavy (non-hydrogen) atoms. The van der Waals surface area contributed by atoms with Gasteiger partial charge in [-0.3, -0.25) is 0 Å². The standard InChI is InChI=1S/6Cr.2Eu.21O/q;;;;;;2*+3;;;;;;;;;;;;;;;;6*-1. The Bertz CT molecular complexity index is 854. The van der Waals surface area contributed by atoms with Crippen LogP contribution in [-0.2, 0) is 136 Å². The van der Waals surface area contributed by atoms with E-state index in [1.165, 1.54) is 0 Å². The van der Waals surface area contributed by atoms with Crippen LogP contribution in [0.4, 0.5) is 0 Å². The van der Waals surface area contributed by atoms with Crippen molar-refractivity contribution >= 4 is 0 Å². The molecule has 0 rings (SSSR count). The van der Waals surface area contributed by atoms with Gasteiger partial charge in [-0.2, -0.15) is 0 Å². The first-order chi connectivity index (χ1) is 11.1. The van der Waals surface area contributed by atoms with Crippen molar-refractivity contribution in [1.29, 1.82) is 0 Å². The van der Waals surface area contributed by atoms with Gasteiger partial charge in [0.15, 0.2) is 0 Å². The summed E-state index contributed by atoms with van der Waals surface area (Å²) in [6, 6.07) is 0. The van der Waals surface area contributed by atoms with Gasteiger partial charge in [0, 0.05) is 0 Å². The molecule has 0 heterocycles. The van der Waals surface area contributed by atoms with Gasteiger partial charge in [0.25, 0.3) is 0 Å². The van der Waals surface area contributed by atoms with E-state index in [2.05, 4.69) is 8.52 Å². The van der Waals surface area contributed by atoms with Gasteiger partial charge in [0.2, 0.25) is 0 Å². The minimum atomic E-state index is -6.07. The van der Waals surface area contributed by atoms with Crippen LogP contribution >= 0.6 is 0 Å². The van der Waals surface area contributed by atoms with E-state index >= 15 is 0 Å². The average Bonchev–Trinajstić information content (AvgIpc) is 1.96. The Kier molecular flexibility index (Phi) is 24.0. The Morgan fingerprint density at radius 2 is 0.379 bits per heavy atom. The molecule has 176 valence electrons. The van der Waals surface area contributed by atoms with Gasteiger partial charge in [0.05, 0.1) is 0 Å². The van der Waals surface area contributed by atoms with Gasteiger partial charge in [-0.1, -0.05) is 0 Å². The summed E-state index contributed by atoms with van der Waals surface area (Å²) in [7, 11) is 0. The molecule has 0 N–H and O–H groups in total. The van der Waals surface area contributed by atoms with Crippen LogP contribution in [0.25, 0.3) is 0 Å². The molecular weight excluding hydrogens is 952 g/mol. The quantitative estimate of drug-likeness (QED) is 0.239. The normalized spacial score (nSPS) is 12.6. The Balaban J connectivity index is -0.0000000960. The first kappa shape index (κ1) is 42.7. The van der Waals surface area contributed by atoms with Gasteiger partial charge in [0.1, 0.15) is 0 Å². The molecule has 0 aromatic heterocycles. The Morgan fingerprint density at radius 3 is 0.379 bits per heavy atom. The van der Waals surface area contributed by atoms with E-state index in [-0.39, 0.29) is 98.8 Å². The minimum absolute atomic E-state index is 0. The number of hydrogen-bond acceptors (Lipinski definition) is 21. The van der Waals surface area contributed by atoms with Gasteiger partial charge in [-0.15, -0.1) is 0 Å². The summed E-state index contributed by atoms with van der Waals surface area (Å²) in [5.41, 5.74) is 0. The van der Waals surface area contributed by atoms with E-state index in [1.54, 1.807) is 0 Å². The summed E-state index contributed by atoms with van der Waals surface area (Å²) in [6.45, 7) is 0. The van der Waals surface area contributed by atoms with Crippen LogP contribution in [-0.4, -0.2) is 0 Å². The predicted molar refractivity (Wildman–Crippen MR) is 11.5 cm³/mol. The third-order valence-corrected chi connectivity index (χ3v) is 8.50. The third kappa shape index (κ3) is 59.3. The van der Waals surface area contributed by atoms with E-state index in [9.17, 15) is 70.6 Å². The van der Waals surface area contributed by atoms with Crippen molar-refractivity contribution in [1.82, 2.24) is 0 Å². The van der Waals surface area contributed by atoms with Crippen molar-refractivity contribution in [2.75, 3.05) is 0 Å². The van der Waals surface area contributed by atoms with Crippen molar-refractivity contribution in [2.45, 2.75) is 0 Å². The van der Waals surface area contributed by atoms with Crippen LogP contribution in [0.1, 0.15) is 0 Å². The zero-order chi connectivity index (χ0) is 23.1. The van der Waals surface area contributed by atoms with Gasteiger partial charge in [-0.25, -0.2) is 0 Å². The molecule has 0 atom stereocenters. The van der Waals surface area contributed by atoms with E-state index in [0.29, 0.717) is 0 Å². The summed E-state index contributed by atoms with van der Waals surface area (Å²) < 4.78 is 177. The molecule has 0 spiro atoms. The van der Waals surface area contributed by atoms with Crippen molar-refractivity contribution in [2.24, 2.45) is 0 Å². The molecule has 0 saturated heterocycles. The van der Waals surface area contributed by atoms with Gasteiger partial charge >= 0.3 is 260 Å². The molecule has 21 nitrogen and oxygen atoms in total. The van der Waals surface area contributed by atoms with E-state index in [0.717, 1.165) is 0 Å². The fraction of sp³-hybridized carbons (Fsp3) is 0. The number of rotatable bonds is 6. The van der Waals surface area contributed by atoms with E-state index in [4.69, 9.17) is 0 Å². The molecule has 0 aromatic rings. The second-order valence-corrected chi connectivity index (χ2v) is 13.6. The first-order valence-corrected chi connectivity index (χ1v) is 16.5. The molecule has 0 amide bonds. The molecule has 29 heteroatoms. The summed E-state index contributed by atoms with van der Waals surface area (Å²) in [5, 5.41) is 0. The third-order valence-electron chi connectivity index (χ3n) is 0.500. The molecular formula is Cr6Eu2O21. The summed E-state index contributed by atoms with van der Waals surface area (Å²) in [4.78, 5) is 0. The van der Waals surface area contributed by atoms with Crippen molar-refractivity contribution in [3.8, 4) is 0 Å². The summed E-state index contributed by atoms with van der Waals surface area (Å²) in [6.07, 6.45) is 0. The predicted octanol–water partition coefficient (Wildman–Crippen LogP) is -8.78. The zero-order valence-electron chi connectivity index (χ0n) is 11.8. The van der Waals surface area contributed by atoms with Crippen molar-refractivity contribution in [3.63, 3.8) is 0 Å². The first-order valence-electron chi connectivity index (χ1n) is 4.00. The molecule has 0 aliphatic heterocycles. The fourth-order valence-electron chi connectivity index (χ4n) is 0.306. The van der Waals surface area contributed by atoms with Crippen molar-refractivity contribution in [3.05, 3.63) is 0 Å². The average molecular weight is 952 g/mol. The molecule has 0 bridgehead atoms. The molecule has 0 fully saturated rings. The zero-order valence-corrected chi connectivity index (χ0v) is 24.3. The molecule has 0 aromatic carbocycles.